The number of rotatable bonds is 0. The van der Waals surface area contributed by atoms with E-state index in [2.05, 4.69) is 11.7 Å². The monoisotopic (exact) mass is 107 g/mol. The Morgan fingerprint density at radius 1 is 2.00 bits per heavy atom. The molecule has 0 aromatic heterocycles. The third-order valence-corrected chi connectivity index (χ3v) is 0.702. The molecule has 0 amide bonds. The third kappa shape index (κ3) is 4.19. The molecule has 0 rings (SSSR count). The van der Waals surface area contributed by atoms with Gasteiger partial charge in [-0.1, -0.05) is 0 Å². The number of nitrogens with zero attached hydrogens (tertiary/aromatic N) is 1. The first-order chi connectivity index (χ1) is 2.27. The van der Waals surface area contributed by atoms with Crippen molar-refractivity contribution in [3.8, 4) is 5.40 Å². The molecule has 5 heavy (non-hydrogen) atoms. The highest BCUT2D eigenvalue weighted by Crippen LogP contribution is 2.20. The van der Waals surface area contributed by atoms with Crippen LogP contribution in [0.15, 0.2) is 0 Å². The van der Waals surface area contributed by atoms with Gasteiger partial charge < -0.3 is 0 Å². The molecule has 0 bridgehead atoms. The Bertz CT molecular complexity index is 53.2. The first-order valence-corrected chi connectivity index (χ1v) is 4.04. The summed E-state index contributed by atoms with van der Waals surface area (Å²) in [6, 6.07) is 0. The van der Waals surface area contributed by atoms with Gasteiger partial charge in [-0.15, -0.1) is 21.6 Å². The molecule has 1 atom stereocenters. The summed E-state index contributed by atoms with van der Waals surface area (Å²) in [5, 5.41) is 9.80. The molecular formula is C2H5NS2. The average molecular weight is 107 g/mol. The topological polar surface area (TPSA) is 23.8 Å². The van der Waals surface area contributed by atoms with Crippen LogP contribution in [-0.2, 0) is 0 Å². The van der Waals surface area contributed by atoms with Gasteiger partial charge in [-0.3, -0.25) is 0 Å². The van der Waals surface area contributed by atoms with E-state index >= 15 is 0 Å². The lowest BCUT2D eigenvalue weighted by Gasteiger charge is -1.83. The third-order valence-electron chi connectivity index (χ3n) is 0.145. The normalized spacial score (nSPS) is 16.6. The Labute approximate surface area is 39.1 Å². The van der Waals surface area contributed by atoms with Crippen LogP contribution in [-0.4, -0.2) is 6.26 Å². The first kappa shape index (κ1) is 5.19. The standard InChI is InChI=1S/C2H5NS2/c1-5(4)2-3/h4-5H,1H3. The van der Waals surface area contributed by atoms with Crippen molar-refractivity contribution in [2.24, 2.45) is 0 Å². The lowest BCUT2D eigenvalue weighted by molar-refractivity contribution is 1.57. The Morgan fingerprint density at radius 2 is 2.20 bits per heavy atom. The summed E-state index contributed by atoms with van der Waals surface area (Å²) in [7, 11) is -0.598. The van der Waals surface area contributed by atoms with Gasteiger partial charge >= 0.3 is 0 Å². The summed E-state index contributed by atoms with van der Waals surface area (Å²) >= 11 is 3.80. The second-order valence-electron chi connectivity index (χ2n) is 0.624. The lowest BCUT2D eigenvalue weighted by Crippen LogP contribution is -1.45. The molecule has 0 aliphatic carbocycles. The molecule has 0 aromatic carbocycles. The summed E-state index contributed by atoms with van der Waals surface area (Å²) in [5.41, 5.74) is 0. The van der Waals surface area contributed by atoms with Crippen LogP contribution in [0.5, 0.6) is 0 Å². The Hall–Kier alpha value is 0.190. The Morgan fingerprint density at radius 3 is 2.20 bits per heavy atom. The minimum atomic E-state index is -0.598. The van der Waals surface area contributed by atoms with E-state index < -0.39 is 9.93 Å². The van der Waals surface area contributed by atoms with Gasteiger partial charge in [0.1, 0.15) is 5.40 Å². The van der Waals surface area contributed by atoms with Gasteiger partial charge in [0, 0.05) is 0 Å². The van der Waals surface area contributed by atoms with E-state index in [9.17, 15) is 0 Å². The van der Waals surface area contributed by atoms with Crippen molar-refractivity contribution in [1.82, 2.24) is 0 Å². The molecule has 0 aliphatic rings. The van der Waals surface area contributed by atoms with Gasteiger partial charge in [0.25, 0.3) is 0 Å². The largest absolute Gasteiger partial charge is 0.186 e. The Kier molecular flexibility index (Phi) is 2.52. The number of hydrogen-bond acceptors (Lipinski definition) is 2. The van der Waals surface area contributed by atoms with E-state index in [-0.39, 0.29) is 0 Å². The fraction of sp³-hybridized carbons (Fsp3) is 0.500. The van der Waals surface area contributed by atoms with E-state index in [1.54, 1.807) is 6.26 Å². The highest BCUT2D eigenvalue weighted by atomic mass is 33.1. The van der Waals surface area contributed by atoms with Crippen molar-refractivity contribution < 1.29 is 0 Å². The van der Waals surface area contributed by atoms with Crippen LogP contribution in [0.25, 0.3) is 0 Å². The van der Waals surface area contributed by atoms with Gasteiger partial charge in [-0.05, 0) is 6.26 Å². The van der Waals surface area contributed by atoms with Crippen molar-refractivity contribution in [1.29, 1.82) is 5.26 Å². The summed E-state index contributed by atoms with van der Waals surface area (Å²) in [4.78, 5) is 0. The molecule has 0 spiro atoms. The predicted molar refractivity (Wildman–Crippen MR) is 29.5 cm³/mol. The van der Waals surface area contributed by atoms with E-state index in [1.165, 1.54) is 0 Å². The van der Waals surface area contributed by atoms with E-state index in [0.29, 0.717) is 0 Å². The summed E-state index contributed by atoms with van der Waals surface area (Å²) in [5.74, 6) is 0. The molecule has 0 fully saturated rings. The van der Waals surface area contributed by atoms with E-state index in [1.807, 2.05) is 5.40 Å². The molecule has 1 nitrogen and oxygen atoms in total. The fourth-order valence-corrected chi connectivity index (χ4v) is 0. The summed E-state index contributed by atoms with van der Waals surface area (Å²) in [6.07, 6.45) is 1.79. The van der Waals surface area contributed by atoms with Gasteiger partial charge in [-0.2, -0.15) is 5.26 Å². The van der Waals surface area contributed by atoms with Crippen molar-refractivity contribution >= 4 is 21.6 Å². The minimum Gasteiger partial charge on any atom is -0.186 e. The second-order valence-corrected chi connectivity index (χ2v) is 3.67. The molecule has 30 valence electrons. The van der Waals surface area contributed by atoms with Crippen LogP contribution in [0.4, 0.5) is 0 Å². The highest BCUT2D eigenvalue weighted by Gasteiger charge is 1.71. The zero-order valence-electron chi connectivity index (χ0n) is 2.84. The zero-order chi connectivity index (χ0) is 4.28. The predicted octanol–water partition coefficient (Wildman–Crippen LogP) is 0.943. The molecule has 0 aromatic rings. The maximum atomic E-state index is 7.85. The number of hydrogen-bond donors (Lipinski definition) is 2. The number of nitriles is 1. The van der Waals surface area contributed by atoms with Gasteiger partial charge in [0.05, 0.1) is 0 Å². The number of thiocyanates is 1. The minimum absolute atomic E-state index is 0.598. The van der Waals surface area contributed by atoms with Gasteiger partial charge in [0.15, 0.2) is 0 Å². The van der Waals surface area contributed by atoms with Crippen LogP contribution in [0.2, 0.25) is 0 Å². The quantitative estimate of drug-likeness (QED) is 0.269. The van der Waals surface area contributed by atoms with Crippen LogP contribution in [0.1, 0.15) is 0 Å². The van der Waals surface area contributed by atoms with Crippen LogP contribution in [0.3, 0.4) is 0 Å². The Balaban J connectivity index is 2.94. The average Bonchev–Trinajstić information content (AvgIpc) is 1.38. The molecule has 3 heteroatoms. The van der Waals surface area contributed by atoms with Crippen molar-refractivity contribution in [3.63, 3.8) is 0 Å². The zero-order valence-corrected chi connectivity index (χ0v) is 4.63. The highest BCUT2D eigenvalue weighted by molar-refractivity contribution is 8.79. The summed E-state index contributed by atoms with van der Waals surface area (Å²) < 4.78 is 0. The SMILES string of the molecule is C[SH](S)C#N. The summed E-state index contributed by atoms with van der Waals surface area (Å²) in [6.45, 7) is 0. The molecule has 0 saturated heterocycles. The first-order valence-electron chi connectivity index (χ1n) is 1.09. The van der Waals surface area contributed by atoms with Crippen LogP contribution < -0.4 is 0 Å². The molecule has 0 saturated carbocycles. The van der Waals surface area contributed by atoms with Crippen LogP contribution >= 0.6 is 21.6 Å². The van der Waals surface area contributed by atoms with Crippen molar-refractivity contribution in [2.45, 2.75) is 0 Å². The maximum absolute atomic E-state index is 7.85. The van der Waals surface area contributed by atoms with Crippen molar-refractivity contribution in [3.05, 3.63) is 0 Å². The molecule has 0 heterocycles. The van der Waals surface area contributed by atoms with E-state index in [0.717, 1.165) is 0 Å². The van der Waals surface area contributed by atoms with Crippen molar-refractivity contribution in [2.75, 3.05) is 6.26 Å². The lowest BCUT2D eigenvalue weighted by atomic mass is 11.8. The van der Waals surface area contributed by atoms with E-state index in [4.69, 9.17) is 5.26 Å². The molecular weight excluding hydrogens is 102 g/mol. The molecule has 0 radical (unpaired) electrons. The second kappa shape index (κ2) is 2.43. The number of thiol groups is 2. The fourth-order valence-electron chi connectivity index (χ4n) is 0. The maximum Gasteiger partial charge on any atom is 0.119 e. The van der Waals surface area contributed by atoms with Gasteiger partial charge in [0.2, 0.25) is 0 Å². The van der Waals surface area contributed by atoms with Gasteiger partial charge in [-0.25, -0.2) is 0 Å². The smallest absolute Gasteiger partial charge is 0.119 e. The molecule has 0 aliphatic heterocycles. The van der Waals surface area contributed by atoms with Crippen LogP contribution in [0, 0.1) is 10.7 Å². The molecule has 0 N–H and O–H groups in total. The molecule has 1 unspecified atom stereocenters.